The molecule has 1 aromatic rings. The Morgan fingerprint density at radius 2 is 2.31 bits per heavy atom. The fraction of sp³-hybridized carbons (Fsp3) is 0.500. The number of imidazole rings is 1. The van der Waals surface area contributed by atoms with E-state index in [9.17, 15) is 8.42 Å². The molecule has 0 aliphatic heterocycles. The lowest BCUT2D eigenvalue weighted by atomic mass is 10.8. The maximum atomic E-state index is 11.4. The second-order valence-electron chi connectivity index (χ2n) is 2.43. The molecule has 0 spiro atoms. The molecule has 5 nitrogen and oxygen atoms in total. The van der Waals surface area contributed by atoms with E-state index in [4.69, 9.17) is 11.6 Å². The summed E-state index contributed by atoms with van der Waals surface area (Å²) < 4.78 is 26.5. The van der Waals surface area contributed by atoms with E-state index in [0.717, 1.165) is 0 Å². The third-order valence-electron chi connectivity index (χ3n) is 1.50. The Labute approximate surface area is 81.8 Å². The van der Waals surface area contributed by atoms with Crippen LogP contribution in [-0.4, -0.2) is 24.5 Å². The molecule has 0 saturated carbocycles. The van der Waals surface area contributed by atoms with E-state index in [0.29, 0.717) is 6.54 Å². The van der Waals surface area contributed by atoms with Crippen molar-refractivity contribution in [3.05, 3.63) is 11.5 Å². The molecule has 0 saturated heterocycles. The lowest BCUT2D eigenvalue weighted by Crippen LogP contribution is -2.25. The van der Waals surface area contributed by atoms with Gasteiger partial charge in [-0.05, 0) is 11.6 Å². The molecule has 0 aliphatic rings. The van der Waals surface area contributed by atoms with Crippen LogP contribution >= 0.6 is 11.6 Å². The standard InChI is InChI=1S/C6H10ClN3O2S/c1-3-9-13(11,12)5-4-8-6(7)10(5)2/h4,9H,3H2,1-2H3. The van der Waals surface area contributed by atoms with Crippen LogP contribution in [-0.2, 0) is 17.1 Å². The molecule has 0 fully saturated rings. The van der Waals surface area contributed by atoms with Gasteiger partial charge in [-0.2, -0.15) is 0 Å². The highest BCUT2D eigenvalue weighted by Gasteiger charge is 2.18. The number of halogens is 1. The second-order valence-corrected chi connectivity index (χ2v) is 4.48. The van der Waals surface area contributed by atoms with Crippen molar-refractivity contribution in [2.24, 2.45) is 7.05 Å². The summed E-state index contributed by atoms with van der Waals surface area (Å²) in [7, 11) is -1.91. The Balaban J connectivity index is 3.15. The molecule has 0 aliphatic carbocycles. The number of nitrogens with one attached hydrogen (secondary N) is 1. The van der Waals surface area contributed by atoms with Crippen LogP contribution in [0, 0.1) is 0 Å². The summed E-state index contributed by atoms with van der Waals surface area (Å²) in [5, 5.41) is 0.218. The van der Waals surface area contributed by atoms with Crippen LogP contribution in [0.1, 0.15) is 6.92 Å². The predicted octanol–water partition coefficient (Wildman–Crippen LogP) is 0.372. The summed E-state index contributed by atoms with van der Waals surface area (Å²) in [4.78, 5) is 3.67. The molecular formula is C6H10ClN3O2S. The zero-order chi connectivity index (χ0) is 10.1. The molecule has 0 atom stereocenters. The monoisotopic (exact) mass is 223 g/mol. The van der Waals surface area contributed by atoms with Gasteiger partial charge >= 0.3 is 0 Å². The number of hydrogen-bond acceptors (Lipinski definition) is 3. The highest BCUT2D eigenvalue weighted by Crippen LogP contribution is 2.12. The third kappa shape index (κ3) is 2.01. The van der Waals surface area contributed by atoms with Gasteiger partial charge in [0.25, 0.3) is 10.0 Å². The van der Waals surface area contributed by atoms with Crippen molar-refractivity contribution < 1.29 is 8.42 Å². The molecule has 0 unspecified atom stereocenters. The van der Waals surface area contributed by atoms with Crippen LogP contribution in [0.25, 0.3) is 0 Å². The molecule has 13 heavy (non-hydrogen) atoms. The summed E-state index contributed by atoms with van der Waals surface area (Å²) in [6, 6.07) is 0. The lowest BCUT2D eigenvalue weighted by Gasteiger charge is -2.04. The van der Waals surface area contributed by atoms with Gasteiger partial charge in [-0.25, -0.2) is 18.1 Å². The predicted molar refractivity (Wildman–Crippen MR) is 49.1 cm³/mol. The first kappa shape index (κ1) is 10.5. The van der Waals surface area contributed by atoms with Crippen molar-refractivity contribution in [2.45, 2.75) is 11.9 Å². The zero-order valence-electron chi connectivity index (χ0n) is 7.28. The first-order valence-electron chi connectivity index (χ1n) is 3.66. The maximum Gasteiger partial charge on any atom is 0.257 e. The zero-order valence-corrected chi connectivity index (χ0v) is 8.85. The van der Waals surface area contributed by atoms with Gasteiger partial charge in [-0.15, -0.1) is 0 Å². The molecule has 0 bridgehead atoms. The van der Waals surface area contributed by atoms with Gasteiger partial charge in [0.2, 0.25) is 5.28 Å². The smallest absolute Gasteiger partial charge is 0.257 e. The minimum absolute atomic E-state index is 0.0688. The molecule has 1 N–H and O–H groups in total. The second kappa shape index (κ2) is 3.65. The number of rotatable bonds is 3. The van der Waals surface area contributed by atoms with Gasteiger partial charge in [-0.3, -0.25) is 0 Å². The Morgan fingerprint density at radius 1 is 1.69 bits per heavy atom. The Kier molecular flexibility index (Phi) is 2.94. The first-order valence-corrected chi connectivity index (χ1v) is 5.52. The van der Waals surface area contributed by atoms with E-state index in [2.05, 4.69) is 9.71 Å². The summed E-state index contributed by atoms with van der Waals surface area (Å²) in [6.45, 7) is 2.04. The average molecular weight is 224 g/mol. The van der Waals surface area contributed by atoms with Gasteiger partial charge in [0.15, 0.2) is 5.03 Å². The highest BCUT2D eigenvalue weighted by molar-refractivity contribution is 7.89. The van der Waals surface area contributed by atoms with Crippen molar-refractivity contribution >= 4 is 21.6 Å². The molecular weight excluding hydrogens is 214 g/mol. The summed E-state index contributed by atoms with van der Waals surface area (Å²) >= 11 is 5.60. The molecule has 0 radical (unpaired) electrons. The molecule has 1 rings (SSSR count). The molecule has 0 aromatic carbocycles. The Bertz CT molecular complexity index is 398. The van der Waals surface area contributed by atoms with Gasteiger partial charge < -0.3 is 4.57 Å². The summed E-state index contributed by atoms with van der Waals surface area (Å²) in [5.41, 5.74) is 0. The first-order chi connectivity index (χ1) is 5.99. The quantitative estimate of drug-likeness (QED) is 0.806. The van der Waals surface area contributed by atoms with Crippen LogP contribution in [0.3, 0.4) is 0 Å². The van der Waals surface area contributed by atoms with Gasteiger partial charge in [-0.1, -0.05) is 6.92 Å². The number of nitrogens with zero attached hydrogens (tertiary/aromatic N) is 2. The fourth-order valence-electron chi connectivity index (χ4n) is 0.886. The normalized spacial score (nSPS) is 11.9. The average Bonchev–Trinajstić information content (AvgIpc) is 2.33. The lowest BCUT2D eigenvalue weighted by molar-refractivity contribution is 0.573. The SMILES string of the molecule is CCNS(=O)(=O)c1cnc(Cl)n1C. The number of hydrogen-bond donors (Lipinski definition) is 1. The van der Waals surface area contributed by atoms with Gasteiger partial charge in [0, 0.05) is 13.6 Å². The number of sulfonamides is 1. The van der Waals surface area contributed by atoms with E-state index in [1.54, 1.807) is 14.0 Å². The minimum atomic E-state index is -3.45. The number of aromatic nitrogens is 2. The van der Waals surface area contributed by atoms with Crippen LogP contribution in [0.5, 0.6) is 0 Å². The van der Waals surface area contributed by atoms with Crippen LogP contribution in [0.4, 0.5) is 0 Å². The topological polar surface area (TPSA) is 64.0 Å². The molecule has 0 amide bonds. The maximum absolute atomic E-state index is 11.4. The van der Waals surface area contributed by atoms with Crippen molar-refractivity contribution in [3.63, 3.8) is 0 Å². The van der Waals surface area contributed by atoms with Crippen molar-refractivity contribution in [1.29, 1.82) is 0 Å². The third-order valence-corrected chi connectivity index (χ3v) is 3.45. The summed E-state index contributed by atoms with van der Waals surface area (Å²) in [5.74, 6) is 0. The molecule has 7 heteroatoms. The largest absolute Gasteiger partial charge is 0.308 e. The van der Waals surface area contributed by atoms with E-state index in [-0.39, 0.29) is 10.3 Å². The van der Waals surface area contributed by atoms with Crippen molar-refractivity contribution in [3.8, 4) is 0 Å². The van der Waals surface area contributed by atoms with Crippen LogP contribution < -0.4 is 4.72 Å². The van der Waals surface area contributed by atoms with E-state index in [1.165, 1.54) is 10.8 Å². The van der Waals surface area contributed by atoms with Crippen LogP contribution in [0.15, 0.2) is 11.2 Å². The van der Waals surface area contributed by atoms with E-state index in [1.807, 2.05) is 0 Å². The van der Waals surface area contributed by atoms with Gasteiger partial charge in [0.05, 0.1) is 6.20 Å². The minimum Gasteiger partial charge on any atom is -0.308 e. The summed E-state index contributed by atoms with van der Waals surface area (Å²) in [6.07, 6.45) is 1.22. The van der Waals surface area contributed by atoms with Gasteiger partial charge in [0.1, 0.15) is 0 Å². The van der Waals surface area contributed by atoms with E-state index >= 15 is 0 Å². The van der Waals surface area contributed by atoms with Crippen LogP contribution in [0.2, 0.25) is 5.28 Å². The Morgan fingerprint density at radius 3 is 2.69 bits per heavy atom. The Hall–Kier alpha value is -0.590. The fourth-order valence-corrected chi connectivity index (χ4v) is 2.24. The highest BCUT2D eigenvalue weighted by atomic mass is 35.5. The van der Waals surface area contributed by atoms with Crippen molar-refractivity contribution in [2.75, 3.05) is 6.54 Å². The molecule has 74 valence electrons. The molecule has 1 aromatic heterocycles. The van der Waals surface area contributed by atoms with Crippen molar-refractivity contribution in [1.82, 2.24) is 14.3 Å². The molecule has 1 heterocycles. The van der Waals surface area contributed by atoms with E-state index < -0.39 is 10.0 Å².